The zero-order chi connectivity index (χ0) is 6.41. The molecule has 0 aliphatic carbocycles. The van der Waals surface area contributed by atoms with E-state index in [0.29, 0.717) is 5.92 Å². The van der Waals surface area contributed by atoms with Gasteiger partial charge in [-0.15, -0.1) is 0 Å². The summed E-state index contributed by atoms with van der Waals surface area (Å²) in [6, 6.07) is 0. The highest BCUT2D eigenvalue weighted by atomic mass is 16.5. The summed E-state index contributed by atoms with van der Waals surface area (Å²) in [4.78, 5) is 0. The Morgan fingerprint density at radius 1 is 1.38 bits per heavy atom. The van der Waals surface area contributed by atoms with Gasteiger partial charge >= 0.3 is 0 Å². The average Bonchev–Trinajstić information content (AvgIpc) is 1.83. The molecule has 1 nitrogen and oxygen atoms in total. The number of ether oxygens (including phenoxy) is 1. The van der Waals surface area contributed by atoms with Crippen LogP contribution in [0.3, 0.4) is 0 Å². The van der Waals surface area contributed by atoms with E-state index < -0.39 is 0 Å². The lowest BCUT2D eigenvalue weighted by atomic mass is 10.1. The van der Waals surface area contributed by atoms with Gasteiger partial charge in [-0.3, -0.25) is 0 Å². The first kappa shape index (κ1) is 7.96. The Balaban J connectivity index is 3.07. The van der Waals surface area contributed by atoms with Gasteiger partial charge in [0, 0.05) is 7.11 Å². The highest BCUT2D eigenvalue weighted by molar-refractivity contribution is 4.62. The average molecular weight is 115 g/mol. The van der Waals surface area contributed by atoms with Crippen molar-refractivity contribution in [1.82, 2.24) is 0 Å². The van der Waals surface area contributed by atoms with Gasteiger partial charge in [0.15, 0.2) is 0 Å². The van der Waals surface area contributed by atoms with Crippen molar-refractivity contribution < 1.29 is 4.74 Å². The molecule has 0 N–H and O–H groups in total. The quantitative estimate of drug-likeness (QED) is 0.546. The van der Waals surface area contributed by atoms with Crippen LogP contribution in [-0.4, -0.2) is 7.11 Å². The van der Waals surface area contributed by atoms with E-state index in [0.717, 1.165) is 0 Å². The SMILES string of the molecule is CCC([CH]OC)CC. The largest absolute Gasteiger partial charge is 0.378 e. The summed E-state index contributed by atoms with van der Waals surface area (Å²) in [5.74, 6) is 0.653. The third-order valence-electron chi connectivity index (χ3n) is 1.38. The molecule has 0 atom stereocenters. The van der Waals surface area contributed by atoms with Crippen LogP contribution in [0.15, 0.2) is 0 Å². The first-order valence-electron chi connectivity index (χ1n) is 3.21. The van der Waals surface area contributed by atoms with Crippen LogP contribution < -0.4 is 0 Å². The molecule has 0 fully saturated rings. The second kappa shape index (κ2) is 5.10. The van der Waals surface area contributed by atoms with Crippen molar-refractivity contribution in [3.63, 3.8) is 0 Å². The van der Waals surface area contributed by atoms with E-state index in [9.17, 15) is 0 Å². The zero-order valence-corrected chi connectivity index (χ0v) is 5.98. The van der Waals surface area contributed by atoms with Crippen LogP contribution in [0.2, 0.25) is 0 Å². The van der Waals surface area contributed by atoms with E-state index in [1.54, 1.807) is 7.11 Å². The van der Waals surface area contributed by atoms with Crippen molar-refractivity contribution >= 4 is 0 Å². The van der Waals surface area contributed by atoms with Crippen molar-refractivity contribution in [2.45, 2.75) is 26.7 Å². The van der Waals surface area contributed by atoms with E-state index in [1.807, 2.05) is 6.61 Å². The predicted molar refractivity (Wildman–Crippen MR) is 35.4 cm³/mol. The molecule has 0 aromatic rings. The Labute approximate surface area is 52.0 Å². The fraction of sp³-hybridized carbons (Fsp3) is 0.857. The molecular weight excluding hydrogens is 100 g/mol. The second-order valence-corrected chi connectivity index (χ2v) is 1.95. The lowest BCUT2D eigenvalue weighted by Crippen LogP contribution is -1.97. The summed E-state index contributed by atoms with van der Waals surface area (Å²) < 4.78 is 4.86. The molecule has 1 heteroatoms. The molecule has 49 valence electrons. The van der Waals surface area contributed by atoms with Gasteiger partial charge in [0.1, 0.15) is 0 Å². The minimum atomic E-state index is 0.653. The standard InChI is InChI=1S/C7H15O/c1-4-7(5-2)6-8-3/h6-7H,4-5H2,1-3H3. The van der Waals surface area contributed by atoms with Crippen LogP contribution in [0.1, 0.15) is 26.7 Å². The molecule has 8 heavy (non-hydrogen) atoms. The smallest absolute Gasteiger partial charge is 0.0863 e. The molecule has 0 rings (SSSR count). The van der Waals surface area contributed by atoms with Crippen LogP contribution in [0.4, 0.5) is 0 Å². The van der Waals surface area contributed by atoms with Gasteiger partial charge in [-0.25, -0.2) is 0 Å². The number of methoxy groups -OCH3 is 1. The fourth-order valence-corrected chi connectivity index (χ4v) is 0.674. The summed E-state index contributed by atoms with van der Waals surface area (Å²) in [5, 5.41) is 0. The van der Waals surface area contributed by atoms with Gasteiger partial charge in [-0.1, -0.05) is 26.7 Å². The van der Waals surface area contributed by atoms with Gasteiger partial charge < -0.3 is 4.74 Å². The van der Waals surface area contributed by atoms with Crippen LogP contribution in [0, 0.1) is 12.5 Å². The molecule has 1 radical (unpaired) electrons. The molecule has 0 aliphatic heterocycles. The molecule has 0 aromatic carbocycles. The normalized spacial score (nSPS) is 10.5. The molecule has 0 spiro atoms. The van der Waals surface area contributed by atoms with E-state index in [1.165, 1.54) is 12.8 Å². The van der Waals surface area contributed by atoms with Crippen LogP contribution >= 0.6 is 0 Å². The molecule has 0 aliphatic rings. The third kappa shape index (κ3) is 3.03. The Morgan fingerprint density at radius 3 is 2.00 bits per heavy atom. The van der Waals surface area contributed by atoms with Crippen molar-refractivity contribution in [2.24, 2.45) is 5.92 Å². The van der Waals surface area contributed by atoms with E-state index in [2.05, 4.69) is 13.8 Å². The number of rotatable bonds is 4. The van der Waals surface area contributed by atoms with E-state index >= 15 is 0 Å². The van der Waals surface area contributed by atoms with Crippen molar-refractivity contribution in [3.05, 3.63) is 6.61 Å². The summed E-state index contributed by atoms with van der Waals surface area (Å²) in [5.41, 5.74) is 0. The first-order valence-corrected chi connectivity index (χ1v) is 3.21. The molecular formula is C7H15O. The van der Waals surface area contributed by atoms with Crippen molar-refractivity contribution in [3.8, 4) is 0 Å². The lowest BCUT2D eigenvalue weighted by Gasteiger charge is -2.07. The third-order valence-corrected chi connectivity index (χ3v) is 1.38. The van der Waals surface area contributed by atoms with Gasteiger partial charge in [-0.2, -0.15) is 0 Å². The molecule has 0 aromatic heterocycles. The van der Waals surface area contributed by atoms with E-state index in [-0.39, 0.29) is 0 Å². The minimum Gasteiger partial charge on any atom is -0.378 e. The van der Waals surface area contributed by atoms with Crippen LogP contribution in [0.5, 0.6) is 0 Å². The highest BCUT2D eigenvalue weighted by Crippen LogP contribution is 2.10. The van der Waals surface area contributed by atoms with E-state index in [4.69, 9.17) is 4.74 Å². The van der Waals surface area contributed by atoms with Gasteiger partial charge in [0.05, 0.1) is 6.61 Å². The molecule has 0 bridgehead atoms. The topological polar surface area (TPSA) is 9.23 Å². The number of hydrogen-bond acceptors (Lipinski definition) is 1. The van der Waals surface area contributed by atoms with Crippen LogP contribution in [0.25, 0.3) is 0 Å². The predicted octanol–water partition coefficient (Wildman–Crippen LogP) is 2.23. The number of hydrogen-bond donors (Lipinski definition) is 0. The molecule has 0 saturated carbocycles. The second-order valence-electron chi connectivity index (χ2n) is 1.95. The first-order chi connectivity index (χ1) is 3.85. The Bertz CT molecular complexity index is 39.7. The Hall–Kier alpha value is -0.0400. The van der Waals surface area contributed by atoms with Gasteiger partial charge in [0.2, 0.25) is 0 Å². The monoisotopic (exact) mass is 115 g/mol. The Morgan fingerprint density at radius 2 is 1.88 bits per heavy atom. The minimum absolute atomic E-state index is 0.653. The summed E-state index contributed by atoms with van der Waals surface area (Å²) in [6.07, 6.45) is 2.37. The maximum Gasteiger partial charge on any atom is 0.0863 e. The zero-order valence-electron chi connectivity index (χ0n) is 5.98. The van der Waals surface area contributed by atoms with Crippen LogP contribution in [-0.2, 0) is 4.74 Å². The fourth-order valence-electron chi connectivity index (χ4n) is 0.674. The maximum absolute atomic E-state index is 4.86. The van der Waals surface area contributed by atoms with Gasteiger partial charge in [-0.05, 0) is 5.92 Å². The summed E-state index contributed by atoms with van der Waals surface area (Å²) in [6.45, 7) is 6.24. The summed E-state index contributed by atoms with van der Waals surface area (Å²) in [7, 11) is 1.71. The highest BCUT2D eigenvalue weighted by Gasteiger charge is 2.00. The maximum atomic E-state index is 4.86. The van der Waals surface area contributed by atoms with Gasteiger partial charge in [0.25, 0.3) is 0 Å². The molecule has 0 unspecified atom stereocenters. The molecule has 0 saturated heterocycles. The molecule has 0 heterocycles. The van der Waals surface area contributed by atoms with Crippen molar-refractivity contribution in [1.29, 1.82) is 0 Å². The molecule has 0 amide bonds. The Kier molecular flexibility index (Phi) is 5.08. The summed E-state index contributed by atoms with van der Waals surface area (Å²) >= 11 is 0. The van der Waals surface area contributed by atoms with Crippen molar-refractivity contribution in [2.75, 3.05) is 7.11 Å². The lowest BCUT2D eigenvalue weighted by molar-refractivity contribution is 0.222.